The summed E-state index contributed by atoms with van der Waals surface area (Å²) in [4.78, 5) is 34.6. The molecule has 0 atom stereocenters. The summed E-state index contributed by atoms with van der Waals surface area (Å²) in [5.41, 5.74) is 1.32. The number of hydrogen-bond acceptors (Lipinski definition) is 7. The monoisotopic (exact) mass is 421 g/mol. The van der Waals surface area contributed by atoms with Gasteiger partial charge in [-0.3, -0.25) is 9.78 Å². The predicted molar refractivity (Wildman–Crippen MR) is 115 cm³/mol. The van der Waals surface area contributed by atoms with Crippen LogP contribution in [0.25, 0.3) is 21.5 Å². The third-order valence-electron chi connectivity index (χ3n) is 4.48. The number of nitrogens with zero attached hydrogens (tertiary/aromatic N) is 2. The number of aromatic nitrogens is 2. The Kier molecular flexibility index (Phi) is 5.58. The van der Waals surface area contributed by atoms with Crippen molar-refractivity contribution in [1.29, 1.82) is 0 Å². The molecule has 0 bridgehead atoms. The maximum Gasteiger partial charge on any atom is 0.349 e. The van der Waals surface area contributed by atoms with Gasteiger partial charge in [-0.15, -0.1) is 11.3 Å². The molecule has 0 spiro atoms. The van der Waals surface area contributed by atoms with Gasteiger partial charge in [-0.05, 0) is 38.1 Å². The molecule has 0 aliphatic rings. The van der Waals surface area contributed by atoms with Gasteiger partial charge in [-0.25, -0.2) is 9.78 Å². The van der Waals surface area contributed by atoms with Crippen LogP contribution < -0.4 is 15.7 Å². The van der Waals surface area contributed by atoms with Crippen LogP contribution in [0.3, 0.4) is 0 Å². The van der Waals surface area contributed by atoms with E-state index in [0.29, 0.717) is 23.3 Å². The van der Waals surface area contributed by atoms with Crippen molar-refractivity contribution < 1.29 is 13.9 Å². The van der Waals surface area contributed by atoms with Crippen molar-refractivity contribution in [2.24, 2.45) is 0 Å². The minimum absolute atomic E-state index is 0.0502. The van der Waals surface area contributed by atoms with E-state index >= 15 is 0 Å². The zero-order chi connectivity index (χ0) is 21.1. The zero-order valence-electron chi connectivity index (χ0n) is 16.5. The molecule has 152 valence electrons. The van der Waals surface area contributed by atoms with E-state index in [4.69, 9.17) is 9.15 Å². The van der Waals surface area contributed by atoms with Crippen LogP contribution in [0.15, 0.2) is 58.0 Å². The van der Waals surface area contributed by atoms with Gasteiger partial charge in [0.2, 0.25) is 0 Å². The molecule has 3 aromatic heterocycles. The number of thiazole rings is 1. The number of para-hydroxylation sites is 1. The number of aryl methyl sites for hydroxylation is 1. The fourth-order valence-electron chi connectivity index (χ4n) is 3.01. The lowest BCUT2D eigenvalue weighted by Crippen LogP contribution is -2.27. The topological polar surface area (TPSA) is 94.3 Å². The number of benzene rings is 1. The van der Waals surface area contributed by atoms with E-state index in [1.165, 1.54) is 17.4 Å². The number of ether oxygens (including phenoxy) is 1. The van der Waals surface area contributed by atoms with Crippen molar-refractivity contribution in [3.63, 3.8) is 0 Å². The van der Waals surface area contributed by atoms with Gasteiger partial charge < -0.3 is 14.5 Å². The van der Waals surface area contributed by atoms with Gasteiger partial charge in [0.15, 0.2) is 11.3 Å². The molecule has 0 aliphatic heterocycles. The maximum atomic E-state index is 12.7. The lowest BCUT2D eigenvalue weighted by molar-refractivity contribution is 0.0947. The number of fused-ring (bicyclic) bond motifs is 1. The Morgan fingerprint density at radius 1 is 1.27 bits per heavy atom. The zero-order valence-corrected chi connectivity index (χ0v) is 17.3. The molecular formula is C22H19N3O4S. The third kappa shape index (κ3) is 3.95. The third-order valence-corrected chi connectivity index (χ3v) is 5.69. The Hall–Kier alpha value is -3.52. The average molecular weight is 421 g/mol. The minimum Gasteiger partial charge on any atom is -0.490 e. The normalized spacial score (nSPS) is 10.9. The highest BCUT2D eigenvalue weighted by atomic mass is 32.1. The van der Waals surface area contributed by atoms with E-state index in [9.17, 15) is 9.59 Å². The molecule has 0 radical (unpaired) electrons. The highest BCUT2D eigenvalue weighted by molar-refractivity contribution is 7.15. The molecule has 1 N–H and O–H groups in total. The second-order valence-electron chi connectivity index (χ2n) is 6.51. The van der Waals surface area contributed by atoms with Crippen LogP contribution in [0.5, 0.6) is 5.75 Å². The number of nitrogens with one attached hydrogen (secondary N) is 1. The largest absolute Gasteiger partial charge is 0.490 e. The van der Waals surface area contributed by atoms with Crippen LogP contribution >= 0.6 is 11.3 Å². The Morgan fingerprint density at radius 2 is 2.13 bits per heavy atom. The molecule has 3 heterocycles. The van der Waals surface area contributed by atoms with Crippen molar-refractivity contribution in [3.05, 3.63) is 75.3 Å². The molecule has 4 aromatic rings. The average Bonchev–Trinajstić information content (AvgIpc) is 3.13. The summed E-state index contributed by atoms with van der Waals surface area (Å²) < 4.78 is 10.9. The summed E-state index contributed by atoms with van der Waals surface area (Å²) >= 11 is 1.48. The van der Waals surface area contributed by atoms with Gasteiger partial charge in [-0.1, -0.05) is 12.1 Å². The standard InChI is InChI=1S/C22H19N3O4S/c1-3-28-17-8-4-6-14-10-16(22(27)29-19(14)17)20(26)24-12-18-13(2)25-21(30-18)15-7-5-9-23-11-15/h4-11H,3,12H2,1-2H3,(H,24,26). The molecule has 0 saturated heterocycles. The first-order chi connectivity index (χ1) is 14.6. The molecule has 7 nitrogen and oxygen atoms in total. The van der Waals surface area contributed by atoms with E-state index in [-0.39, 0.29) is 12.1 Å². The number of hydrogen-bond donors (Lipinski definition) is 1. The number of rotatable bonds is 6. The number of amides is 1. The first-order valence-corrected chi connectivity index (χ1v) is 10.2. The van der Waals surface area contributed by atoms with E-state index in [1.807, 2.05) is 26.0 Å². The smallest absolute Gasteiger partial charge is 0.349 e. The summed E-state index contributed by atoms with van der Waals surface area (Å²) in [5.74, 6) is -0.0227. The molecule has 8 heteroatoms. The van der Waals surface area contributed by atoms with Crippen LogP contribution in [-0.4, -0.2) is 22.5 Å². The van der Waals surface area contributed by atoms with Crippen LogP contribution in [0.4, 0.5) is 0 Å². The molecule has 0 fully saturated rings. The highest BCUT2D eigenvalue weighted by Crippen LogP contribution is 2.27. The van der Waals surface area contributed by atoms with Gasteiger partial charge in [0, 0.05) is 28.2 Å². The van der Waals surface area contributed by atoms with E-state index in [1.54, 1.807) is 30.6 Å². The van der Waals surface area contributed by atoms with Crippen LogP contribution in [-0.2, 0) is 6.54 Å². The lowest BCUT2D eigenvalue weighted by Gasteiger charge is -2.07. The second kappa shape index (κ2) is 8.46. The summed E-state index contributed by atoms with van der Waals surface area (Å²) in [6, 6.07) is 10.6. The van der Waals surface area contributed by atoms with Gasteiger partial charge in [0.1, 0.15) is 10.6 Å². The quantitative estimate of drug-likeness (QED) is 0.474. The van der Waals surface area contributed by atoms with E-state index in [2.05, 4.69) is 15.3 Å². The van der Waals surface area contributed by atoms with Crippen molar-refractivity contribution in [3.8, 4) is 16.3 Å². The van der Waals surface area contributed by atoms with Gasteiger partial charge >= 0.3 is 5.63 Å². The summed E-state index contributed by atoms with van der Waals surface area (Å²) in [5, 5.41) is 4.25. The molecule has 0 aliphatic carbocycles. The van der Waals surface area contributed by atoms with Crippen LogP contribution in [0.2, 0.25) is 0 Å². The second-order valence-corrected chi connectivity index (χ2v) is 7.59. The molecule has 1 aromatic carbocycles. The Morgan fingerprint density at radius 3 is 2.90 bits per heavy atom. The van der Waals surface area contributed by atoms with E-state index < -0.39 is 11.5 Å². The number of carbonyl (C=O) groups is 1. The molecule has 4 rings (SSSR count). The minimum atomic E-state index is -0.704. The Balaban J connectivity index is 1.55. The number of pyridine rings is 1. The first-order valence-electron chi connectivity index (χ1n) is 9.41. The summed E-state index contributed by atoms with van der Waals surface area (Å²) in [6.07, 6.45) is 3.45. The predicted octanol–water partition coefficient (Wildman–Crippen LogP) is 3.95. The SMILES string of the molecule is CCOc1cccc2cc(C(=O)NCc3sc(-c4cccnc4)nc3C)c(=O)oc12. The van der Waals surface area contributed by atoms with E-state index in [0.717, 1.165) is 21.1 Å². The molecule has 1 amide bonds. The Labute approximate surface area is 176 Å². The fourth-order valence-corrected chi connectivity index (χ4v) is 4.00. The Bertz CT molecular complexity index is 1260. The van der Waals surface area contributed by atoms with Crippen molar-refractivity contribution >= 4 is 28.2 Å². The molecule has 0 unspecified atom stereocenters. The number of carbonyl (C=O) groups excluding carboxylic acids is 1. The fraction of sp³-hybridized carbons (Fsp3) is 0.182. The molecule has 0 saturated carbocycles. The van der Waals surface area contributed by atoms with Gasteiger partial charge in [0.25, 0.3) is 5.91 Å². The van der Waals surface area contributed by atoms with Crippen LogP contribution in [0.1, 0.15) is 27.9 Å². The first kappa shape index (κ1) is 19.8. The van der Waals surface area contributed by atoms with Crippen molar-refractivity contribution in [2.45, 2.75) is 20.4 Å². The highest BCUT2D eigenvalue weighted by Gasteiger charge is 2.17. The van der Waals surface area contributed by atoms with Crippen molar-refractivity contribution in [2.75, 3.05) is 6.61 Å². The van der Waals surface area contributed by atoms with Crippen molar-refractivity contribution in [1.82, 2.24) is 15.3 Å². The summed E-state index contributed by atoms with van der Waals surface area (Å²) in [6.45, 7) is 4.44. The molecule has 30 heavy (non-hydrogen) atoms. The summed E-state index contributed by atoms with van der Waals surface area (Å²) in [7, 11) is 0. The van der Waals surface area contributed by atoms with Gasteiger partial charge in [0.05, 0.1) is 18.8 Å². The lowest BCUT2D eigenvalue weighted by atomic mass is 10.1. The van der Waals surface area contributed by atoms with Crippen LogP contribution in [0, 0.1) is 6.92 Å². The molecular weight excluding hydrogens is 402 g/mol. The maximum absolute atomic E-state index is 12.7. The van der Waals surface area contributed by atoms with Gasteiger partial charge in [-0.2, -0.15) is 0 Å².